The number of hydrogen-bond donors (Lipinski definition) is 0. The van der Waals surface area contributed by atoms with Crippen molar-refractivity contribution in [3.05, 3.63) is 65.7 Å². The van der Waals surface area contributed by atoms with E-state index in [4.69, 9.17) is 9.47 Å². The Bertz CT molecular complexity index is 517. The first-order valence-corrected chi connectivity index (χ1v) is 8.55. The number of benzene rings is 2. The zero-order valence-corrected chi connectivity index (χ0v) is 15.1. The third kappa shape index (κ3) is 6.87. The van der Waals surface area contributed by atoms with Gasteiger partial charge in [-0.05, 0) is 30.5 Å². The van der Waals surface area contributed by atoms with Gasteiger partial charge in [0.1, 0.15) is 5.75 Å². The first kappa shape index (κ1) is 19.2. The third-order valence-electron chi connectivity index (χ3n) is 3.18. The summed E-state index contributed by atoms with van der Waals surface area (Å²) in [5.41, 5.74) is 2.34. The van der Waals surface area contributed by atoms with Crippen LogP contribution in [-0.2, 0) is 4.74 Å². The third-order valence-corrected chi connectivity index (χ3v) is 3.18. The van der Waals surface area contributed by atoms with Crippen LogP contribution in [0.15, 0.2) is 54.6 Å². The van der Waals surface area contributed by atoms with Gasteiger partial charge in [0.25, 0.3) is 0 Å². The van der Waals surface area contributed by atoms with Crippen LogP contribution in [0.5, 0.6) is 5.75 Å². The molecule has 2 aromatic rings. The molecule has 0 amide bonds. The van der Waals surface area contributed by atoms with Crippen molar-refractivity contribution < 1.29 is 9.47 Å². The highest BCUT2D eigenvalue weighted by Crippen LogP contribution is 2.25. The molecule has 0 aliphatic rings. The summed E-state index contributed by atoms with van der Waals surface area (Å²) in [6.07, 6.45) is 0.895. The van der Waals surface area contributed by atoms with Crippen molar-refractivity contribution in [3.63, 3.8) is 0 Å². The standard InChI is InChI=1S/C18H22O2.C3H8/c1-4-19-18(16-8-6-5-7-9-16)20-17-12-10-15(11-13-17)14(2)3;1-3-2/h5-14,18H,4H2,1-3H3;3H2,1-2H3. The summed E-state index contributed by atoms with van der Waals surface area (Å²) in [7, 11) is 0. The van der Waals surface area contributed by atoms with Crippen molar-refractivity contribution in [1.29, 1.82) is 0 Å². The molecule has 0 bridgehead atoms. The molecule has 0 saturated heterocycles. The second-order valence-electron chi connectivity index (χ2n) is 5.75. The number of rotatable bonds is 6. The van der Waals surface area contributed by atoms with E-state index in [1.807, 2.05) is 49.4 Å². The Morgan fingerprint density at radius 1 is 0.783 bits per heavy atom. The molecule has 0 aliphatic heterocycles. The van der Waals surface area contributed by atoms with E-state index in [2.05, 4.69) is 39.8 Å². The van der Waals surface area contributed by atoms with Crippen molar-refractivity contribution in [2.24, 2.45) is 0 Å². The Kier molecular flexibility index (Phi) is 9.08. The predicted octanol–water partition coefficient (Wildman–Crippen LogP) is 6.34. The number of ether oxygens (including phenoxy) is 2. The Hall–Kier alpha value is -1.80. The average molecular weight is 314 g/mol. The normalized spacial score (nSPS) is 11.6. The maximum atomic E-state index is 5.95. The van der Waals surface area contributed by atoms with Crippen LogP contribution in [0.2, 0.25) is 0 Å². The van der Waals surface area contributed by atoms with E-state index < -0.39 is 0 Å². The second-order valence-corrected chi connectivity index (χ2v) is 5.75. The van der Waals surface area contributed by atoms with E-state index in [0.717, 1.165) is 11.3 Å². The first-order chi connectivity index (χ1) is 11.1. The van der Waals surface area contributed by atoms with Gasteiger partial charge in [-0.1, -0.05) is 76.6 Å². The van der Waals surface area contributed by atoms with Gasteiger partial charge >= 0.3 is 0 Å². The van der Waals surface area contributed by atoms with E-state index in [1.165, 1.54) is 12.0 Å². The second kappa shape index (κ2) is 10.8. The van der Waals surface area contributed by atoms with Crippen molar-refractivity contribution in [2.45, 2.75) is 53.2 Å². The summed E-state index contributed by atoms with van der Waals surface area (Å²) in [5, 5.41) is 0. The molecule has 0 heterocycles. The molecule has 2 rings (SSSR count). The van der Waals surface area contributed by atoms with Gasteiger partial charge in [0.15, 0.2) is 0 Å². The highest BCUT2D eigenvalue weighted by molar-refractivity contribution is 5.29. The molecule has 1 atom stereocenters. The van der Waals surface area contributed by atoms with E-state index >= 15 is 0 Å². The van der Waals surface area contributed by atoms with Gasteiger partial charge in [-0.3, -0.25) is 0 Å². The van der Waals surface area contributed by atoms with E-state index in [-0.39, 0.29) is 6.29 Å². The Morgan fingerprint density at radius 2 is 1.35 bits per heavy atom. The van der Waals surface area contributed by atoms with Crippen molar-refractivity contribution in [3.8, 4) is 5.75 Å². The van der Waals surface area contributed by atoms with Gasteiger partial charge in [0.05, 0.1) is 0 Å². The smallest absolute Gasteiger partial charge is 0.226 e. The minimum absolute atomic E-state index is 0.355. The fourth-order valence-electron chi connectivity index (χ4n) is 2.01. The molecular formula is C21H30O2. The molecule has 0 fully saturated rings. The van der Waals surface area contributed by atoms with Crippen LogP contribution in [0.4, 0.5) is 0 Å². The maximum absolute atomic E-state index is 5.95. The summed E-state index contributed by atoms with van der Waals surface area (Å²) in [6.45, 7) is 11.2. The SMILES string of the molecule is CCC.CCOC(Oc1ccc(C(C)C)cc1)c1ccccc1. The van der Waals surface area contributed by atoms with Gasteiger partial charge in [-0.2, -0.15) is 0 Å². The average Bonchev–Trinajstić information content (AvgIpc) is 2.56. The number of hydrogen-bond acceptors (Lipinski definition) is 2. The molecule has 2 nitrogen and oxygen atoms in total. The summed E-state index contributed by atoms with van der Waals surface area (Å²) in [5.74, 6) is 1.36. The maximum Gasteiger partial charge on any atom is 0.226 e. The highest BCUT2D eigenvalue weighted by atomic mass is 16.7. The molecule has 1 unspecified atom stereocenters. The van der Waals surface area contributed by atoms with Crippen LogP contribution in [0.25, 0.3) is 0 Å². The lowest BCUT2D eigenvalue weighted by atomic mass is 10.0. The highest BCUT2D eigenvalue weighted by Gasteiger charge is 2.12. The van der Waals surface area contributed by atoms with Crippen molar-refractivity contribution in [1.82, 2.24) is 0 Å². The molecule has 0 saturated carbocycles. The zero-order valence-electron chi connectivity index (χ0n) is 15.1. The Morgan fingerprint density at radius 3 is 1.83 bits per heavy atom. The molecule has 0 aromatic heterocycles. The first-order valence-electron chi connectivity index (χ1n) is 8.55. The Labute approximate surface area is 141 Å². The van der Waals surface area contributed by atoms with Crippen LogP contribution in [0, 0.1) is 0 Å². The molecule has 23 heavy (non-hydrogen) atoms. The summed E-state index contributed by atoms with van der Waals surface area (Å²) < 4.78 is 11.6. The molecule has 0 spiro atoms. The van der Waals surface area contributed by atoms with Crippen LogP contribution >= 0.6 is 0 Å². The minimum Gasteiger partial charge on any atom is -0.461 e. The van der Waals surface area contributed by atoms with E-state index in [1.54, 1.807) is 0 Å². The van der Waals surface area contributed by atoms with Crippen LogP contribution in [0.1, 0.15) is 64.4 Å². The summed E-state index contributed by atoms with van der Waals surface area (Å²) in [4.78, 5) is 0. The Balaban J connectivity index is 0.000000816. The van der Waals surface area contributed by atoms with E-state index in [0.29, 0.717) is 12.5 Å². The largest absolute Gasteiger partial charge is 0.461 e. The van der Waals surface area contributed by atoms with Gasteiger partial charge in [0.2, 0.25) is 6.29 Å². The van der Waals surface area contributed by atoms with Crippen LogP contribution < -0.4 is 4.74 Å². The lowest BCUT2D eigenvalue weighted by molar-refractivity contribution is -0.0786. The molecule has 2 heteroatoms. The van der Waals surface area contributed by atoms with E-state index in [9.17, 15) is 0 Å². The quantitative estimate of drug-likeness (QED) is 0.579. The molecule has 0 radical (unpaired) electrons. The van der Waals surface area contributed by atoms with Crippen LogP contribution in [-0.4, -0.2) is 6.61 Å². The fraction of sp³-hybridized carbons (Fsp3) is 0.429. The molecular weight excluding hydrogens is 284 g/mol. The molecule has 126 valence electrons. The van der Waals surface area contributed by atoms with Crippen molar-refractivity contribution >= 4 is 0 Å². The van der Waals surface area contributed by atoms with Gasteiger partial charge in [-0.25, -0.2) is 0 Å². The summed E-state index contributed by atoms with van der Waals surface area (Å²) >= 11 is 0. The minimum atomic E-state index is -0.355. The molecule has 2 aromatic carbocycles. The van der Waals surface area contributed by atoms with Gasteiger partial charge in [0, 0.05) is 12.2 Å². The molecule has 0 N–H and O–H groups in total. The predicted molar refractivity (Wildman–Crippen MR) is 97.9 cm³/mol. The lowest BCUT2D eigenvalue weighted by Gasteiger charge is -2.19. The topological polar surface area (TPSA) is 18.5 Å². The van der Waals surface area contributed by atoms with Crippen LogP contribution in [0.3, 0.4) is 0 Å². The molecule has 0 aliphatic carbocycles. The monoisotopic (exact) mass is 314 g/mol. The van der Waals surface area contributed by atoms with Gasteiger partial charge in [-0.15, -0.1) is 0 Å². The van der Waals surface area contributed by atoms with Crippen molar-refractivity contribution in [2.75, 3.05) is 6.61 Å². The fourth-order valence-corrected chi connectivity index (χ4v) is 2.01. The zero-order chi connectivity index (χ0) is 17.1. The van der Waals surface area contributed by atoms with Gasteiger partial charge < -0.3 is 9.47 Å². The lowest BCUT2D eigenvalue weighted by Crippen LogP contribution is -2.11. The summed E-state index contributed by atoms with van der Waals surface area (Å²) in [6, 6.07) is 18.2.